The highest BCUT2D eigenvalue weighted by Crippen LogP contribution is 2.47. The van der Waals surface area contributed by atoms with Gasteiger partial charge in [-0.25, -0.2) is 0 Å². The van der Waals surface area contributed by atoms with Crippen molar-refractivity contribution in [2.75, 3.05) is 5.32 Å². The second-order valence-corrected chi connectivity index (χ2v) is 9.01. The summed E-state index contributed by atoms with van der Waals surface area (Å²) in [6, 6.07) is 8.15. The van der Waals surface area contributed by atoms with Gasteiger partial charge in [0.2, 0.25) is 5.91 Å². The van der Waals surface area contributed by atoms with Crippen molar-refractivity contribution in [1.82, 2.24) is 0 Å². The van der Waals surface area contributed by atoms with Gasteiger partial charge in [-0.2, -0.15) is 4.51 Å². The van der Waals surface area contributed by atoms with Gasteiger partial charge < -0.3 is 11.1 Å². The number of halogens is 1. The van der Waals surface area contributed by atoms with Gasteiger partial charge in [0.25, 0.3) is 0 Å². The molecule has 1 aliphatic carbocycles. The molecular weight excluding hydrogens is 394 g/mol. The molecule has 3 N–H and O–H groups in total. The third-order valence-electron chi connectivity index (χ3n) is 6.30. The third kappa shape index (κ3) is 8.29. The van der Waals surface area contributed by atoms with Crippen molar-refractivity contribution < 1.29 is 4.79 Å². The second kappa shape index (κ2) is 13.7. The molecule has 5 heteroatoms. The number of rotatable bonds is 16. The Kier molecular flexibility index (Phi) is 11.3. The van der Waals surface area contributed by atoms with E-state index >= 15 is 0 Å². The summed E-state index contributed by atoms with van der Waals surface area (Å²) in [5.74, 6) is 0.100. The molecule has 1 aromatic carbocycles. The van der Waals surface area contributed by atoms with Crippen molar-refractivity contribution >= 4 is 29.2 Å². The lowest BCUT2D eigenvalue weighted by molar-refractivity contribution is -0.119. The largest absolute Gasteiger partial charge is 0.385 e. The van der Waals surface area contributed by atoms with Crippen molar-refractivity contribution in [1.29, 1.82) is 0 Å². The summed E-state index contributed by atoms with van der Waals surface area (Å²) in [7, 11) is 0. The molecule has 0 aromatic heterocycles. The van der Waals surface area contributed by atoms with Crippen LogP contribution >= 0.6 is 11.8 Å². The highest BCUT2D eigenvalue weighted by Gasteiger charge is 2.53. The first-order chi connectivity index (χ1) is 14.6. The molecule has 1 amide bonds. The number of benzene rings is 1. The maximum Gasteiger partial charge on any atom is 0.238 e. The molecule has 1 saturated carbocycles. The van der Waals surface area contributed by atoms with Crippen LogP contribution in [0, 0.1) is 5.41 Å². The number of nitrogens with two attached hydrogens (primary N) is 1. The molecule has 1 fully saturated rings. The number of amidine groups is 1. The molecule has 0 unspecified atom stereocenters. The zero-order chi connectivity index (χ0) is 21.7. The summed E-state index contributed by atoms with van der Waals surface area (Å²) >= 11 is 5.45. The van der Waals surface area contributed by atoms with E-state index < -0.39 is 5.41 Å². The van der Waals surface area contributed by atoms with Gasteiger partial charge in [0.05, 0.1) is 0 Å². The number of hydrogen-bond donors (Lipinski definition) is 2. The van der Waals surface area contributed by atoms with Crippen LogP contribution in [0.5, 0.6) is 0 Å². The lowest BCUT2D eigenvalue weighted by Crippen LogP contribution is -2.36. The number of carbonyl (C=O) groups excluding carboxylic acids is 1. The topological polar surface area (TPSA) is 67.5 Å². The molecule has 168 valence electrons. The molecule has 1 aromatic rings. The van der Waals surface area contributed by atoms with Gasteiger partial charge in [0, 0.05) is 17.5 Å². The lowest BCUT2D eigenvalue weighted by atomic mass is 10.0. The summed E-state index contributed by atoms with van der Waals surface area (Å²) < 4.78 is 3.49. The molecule has 0 aliphatic heterocycles. The molecule has 30 heavy (non-hydrogen) atoms. The first-order valence-corrected chi connectivity index (χ1v) is 12.3. The fraction of sp³-hybridized carbons (Fsp3) is 0.680. The van der Waals surface area contributed by atoms with Crippen LogP contribution in [0.4, 0.5) is 5.69 Å². The first-order valence-electron chi connectivity index (χ1n) is 12.0. The minimum atomic E-state index is -0.699. The fourth-order valence-corrected chi connectivity index (χ4v) is 4.14. The average molecular weight is 434 g/mol. The monoisotopic (exact) mass is 433 g/mol. The van der Waals surface area contributed by atoms with Crippen molar-refractivity contribution in [3.8, 4) is 0 Å². The van der Waals surface area contributed by atoms with Gasteiger partial charge in [0.1, 0.15) is 11.3 Å². The van der Waals surface area contributed by atoms with E-state index in [1.807, 2.05) is 12.1 Å². The van der Waals surface area contributed by atoms with Crippen molar-refractivity contribution in [2.45, 2.75) is 103 Å². The summed E-state index contributed by atoms with van der Waals surface area (Å²) in [5, 5.41) is 2.94. The van der Waals surface area contributed by atoms with Crippen molar-refractivity contribution in [3.05, 3.63) is 29.8 Å². The van der Waals surface area contributed by atoms with Crippen molar-refractivity contribution in [2.24, 2.45) is 15.7 Å². The number of aryl methyl sites for hydroxylation is 1. The van der Waals surface area contributed by atoms with Crippen molar-refractivity contribution in [3.63, 3.8) is 0 Å². The molecule has 0 heterocycles. The quantitative estimate of drug-likeness (QED) is 0.165. The smallest absolute Gasteiger partial charge is 0.238 e. The molecule has 0 bridgehead atoms. The number of nitrogens with zero attached hydrogens (tertiary/aromatic N) is 1. The summed E-state index contributed by atoms with van der Waals surface area (Å²) in [6.07, 6.45) is 19.0. The summed E-state index contributed by atoms with van der Waals surface area (Å²) in [6.45, 7) is 2.27. The Morgan fingerprint density at radius 2 is 1.43 bits per heavy atom. The van der Waals surface area contributed by atoms with Crippen LogP contribution in [0.3, 0.4) is 0 Å². The maximum absolute atomic E-state index is 12.4. The summed E-state index contributed by atoms with van der Waals surface area (Å²) in [4.78, 5) is 12.4. The predicted molar refractivity (Wildman–Crippen MR) is 129 cm³/mol. The third-order valence-corrected chi connectivity index (χ3v) is 6.48. The Bertz CT molecular complexity index is 653. The normalized spacial score (nSPS) is 15.2. The number of anilines is 1. The minimum Gasteiger partial charge on any atom is -0.385 e. The Hall–Kier alpha value is -1.55. The Labute approximate surface area is 188 Å². The number of hydrogen-bond acceptors (Lipinski definition) is 2. The van der Waals surface area contributed by atoms with Crippen LogP contribution in [0.15, 0.2) is 28.8 Å². The molecular formula is C25H40ClN3O. The lowest BCUT2D eigenvalue weighted by Gasteiger charge is -2.14. The zero-order valence-corrected chi connectivity index (χ0v) is 19.5. The van der Waals surface area contributed by atoms with Crippen LogP contribution in [-0.4, -0.2) is 11.7 Å². The van der Waals surface area contributed by atoms with Gasteiger partial charge in [-0.3, -0.25) is 4.79 Å². The van der Waals surface area contributed by atoms with Crippen LogP contribution < -0.4 is 11.1 Å². The number of unbranched alkanes of at least 4 members (excludes halogenated alkanes) is 11. The van der Waals surface area contributed by atoms with E-state index in [0.717, 1.165) is 12.1 Å². The number of amides is 1. The van der Waals surface area contributed by atoms with Gasteiger partial charge in [0.15, 0.2) is 0 Å². The van der Waals surface area contributed by atoms with Gasteiger partial charge >= 0.3 is 0 Å². The van der Waals surface area contributed by atoms with E-state index in [2.05, 4.69) is 28.9 Å². The van der Waals surface area contributed by atoms with Gasteiger partial charge in [-0.1, -0.05) is 89.7 Å². The predicted octanol–water partition coefficient (Wildman–Crippen LogP) is 7.16. The molecule has 2 rings (SSSR count). The fourth-order valence-electron chi connectivity index (χ4n) is 3.98. The van der Waals surface area contributed by atoms with Crippen LogP contribution in [-0.2, 0) is 11.2 Å². The highest BCUT2D eigenvalue weighted by molar-refractivity contribution is 6.24. The van der Waals surface area contributed by atoms with E-state index in [9.17, 15) is 4.79 Å². The first kappa shape index (κ1) is 24.7. The van der Waals surface area contributed by atoms with E-state index in [1.54, 1.807) is 0 Å². The van der Waals surface area contributed by atoms with Crippen LogP contribution in [0.2, 0.25) is 0 Å². The Balaban J connectivity index is 1.53. The molecule has 0 saturated heterocycles. The summed E-state index contributed by atoms with van der Waals surface area (Å²) in [5.41, 5.74) is 7.21. The number of nitrogens with one attached hydrogen (secondary N) is 1. The van der Waals surface area contributed by atoms with E-state index in [0.29, 0.717) is 12.8 Å². The molecule has 4 nitrogen and oxygen atoms in total. The van der Waals surface area contributed by atoms with Crippen LogP contribution in [0.1, 0.15) is 102 Å². The van der Waals surface area contributed by atoms with Gasteiger partial charge in [-0.15, -0.1) is 0 Å². The molecule has 0 radical (unpaired) electrons. The number of carbonyl (C=O) groups is 1. The second-order valence-electron chi connectivity index (χ2n) is 8.84. The molecule has 1 aliphatic rings. The maximum atomic E-state index is 12.4. The highest BCUT2D eigenvalue weighted by atomic mass is 35.5. The standard InChI is InChI=1S/C25H40ClN3O/c1-2-3-4-5-6-7-8-9-10-11-12-13-14-21-15-17-22(18-16-21)28-24(30)25(19-20-25)23(27)29-26/h15-18H,2-14,19-20H2,1H3,(H2,27,29)(H,28,30). The molecule has 0 atom stereocenters. The minimum absolute atomic E-state index is 0.113. The zero-order valence-electron chi connectivity index (χ0n) is 18.7. The Morgan fingerprint density at radius 1 is 0.933 bits per heavy atom. The Morgan fingerprint density at radius 3 is 1.90 bits per heavy atom. The van der Waals surface area contributed by atoms with E-state index in [4.69, 9.17) is 17.5 Å². The average Bonchev–Trinajstić information content (AvgIpc) is 3.57. The van der Waals surface area contributed by atoms with E-state index in [-0.39, 0.29) is 11.7 Å². The molecule has 0 spiro atoms. The van der Waals surface area contributed by atoms with Gasteiger partial charge in [-0.05, 0) is 43.4 Å². The van der Waals surface area contributed by atoms with E-state index in [1.165, 1.54) is 82.6 Å². The SMILES string of the molecule is CCCCCCCCCCCCCCc1ccc(NC(=O)C2(/C(N)=N/Cl)CC2)cc1. The van der Waals surface area contributed by atoms with Crippen LogP contribution in [0.25, 0.3) is 0 Å².